The van der Waals surface area contributed by atoms with Crippen molar-refractivity contribution in [2.45, 2.75) is 25.1 Å². The van der Waals surface area contributed by atoms with E-state index in [1.165, 1.54) is 4.90 Å². The van der Waals surface area contributed by atoms with Crippen LogP contribution in [0.15, 0.2) is 12.1 Å². The van der Waals surface area contributed by atoms with Crippen LogP contribution in [0.4, 0.5) is 32.4 Å². The summed E-state index contributed by atoms with van der Waals surface area (Å²) in [5, 5.41) is 2.20. The SMILES string of the molecule is CN(C)C1[C@@H]2CC[C@H]1CN(C(=O)Nc1cc(F)c(C(F)(F)F)cc1F)C2. The van der Waals surface area contributed by atoms with E-state index >= 15 is 0 Å². The third-order valence-corrected chi connectivity index (χ3v) is 5.27. The molecular weight excluding hydrogens is 357 g/mol. The zero-order valence-corrected chi connectivity index (χ0v) is 14.4. The van der Waals surface area contributed by atoms with E-state index < -0.39 is 35.1 Å². The highest BCUT2D eigenvalue weighted by molar-refractivity contribution is 5.89. The first-order valence-electron chi connectivity index (χ1n) is 8.36. The smallest absolute Gasteiger partial charge is 0.324 e. The number of nitrogens with one attached hydrogen (secondary N) is 1. The Morgan fingerprint density at radius 3 is 2.19 bits per heavy atom. The van der Waals surface area contributed by atoms with Crippen LogP contribution in [0.25, 0.3) is 0 Å². The summed E-state index contributed by atoms with van der Waals surface area (Å²) in [6, 6.07) is 0.181. The predicted molar refractivity (Wildman–Crippen MR) is 85.6 cm³/mol. The quantitative estimate of drug-likeness (QED) is 0.796. The number of carbonyl (C=O) groups excluding carboxylic acids is 1. The molecule has 2 amide bonds. The summed E-state index contributed by atoms with van der Waals surface area (Å²) in [6.45, 7) is 0.964. The first-order valence-corrected chi connectivity index (χ1v) is 8.36. The van der Waals surface area contributed by atoms with Gasteiger partial charge in [-0.2, -0.15) is 13.2 Å². The number of hydrogen-bond donors (Lipinski definition) is 1. The van der Waals surface area contributed by atoms with Gasteiger partial charge in [0.15, 0.2) is 0 Å². The second-order valence-corrected chi connectivity index (χ2v) is 7.20. The largest absolute Gasteiger partial charge is 0.419 e. The second kappa shape index (κ2) is 6.68. The van der Waals surface area contributed by atoms with Gasteiger partial charge in [-0.25, -0.2) is 13.6 Å². The van der Waals surface area contributed by atoms with Gasteiger partial charge in [0, 0.05) is 25.2 Å². The van der Waals surface area contributed by atoms with Gasteiger partial charge in [0.2, 0.25) is 0 Å². The third-order valence-electron chi connectivity index (χ3n) is 5.27. The molecule has 1 aromatic carbocycles. The van der Waals surface area contributed by atoms with Gasteiger partial charge < -0.3 is 15.1 Å². The van der Waals surface area contributed by atoms with Crippen LogP contribution >= 0.6 is 0 Å². The maximum absolute atomic E-state index is 13.9. The molecule has 1 aliphatic carbocycles. The predicted octanol–water partition coefficient (Wildman–Crippen LogP) is 3.79. The van der Waals surface area contributed by atoms with Crippen molar-refractivity contribution >= 4 is 11.7 Å². The number of halogens is 5. The lowest BCUT2D eigenvalue weighted by molar-refractivity contribution is -0.140. The van der Waals surface area contributed by atoms with Crippen LogP contribution in [-0.4, -0.2) is 49.1 Å². The number of amides is 2. The molecule has 144 valence electrons. The average Bonchev–Trinajstić information content (AvgIpc) is 2.80. The van der Waals surface area contributed by atoms with Gasteiger partial charge in [0.25, 0.3) is 0 Å². The molecule has 1 heterocycles. The van der Waals surface area contributed by atoms with E-state index in [1.807, 2.05) is 14.1 Å². The van der Waals surface area contributed by atoms with Gasteiger partial charge in [-0.05, 0) is 44.8 Å². The molecule has 1 unspecified atom stereocenters. The van der Waals surface area contributed by atoms with E-state index in [1.54, 1.807) is 0 Å². The number of likely N-dealkylation sites (tertiary alicyclic amines) is 1. The van der Waals surface area contributed by atoms with Crippen molar-refractivity contribution in [2.24, 2.45) is 11.8 Å². The molecule has 1 N–H and O–H groups in total. The van der Waals surface area contributed by atoms with Crippen LogP contribution in [0.2, 0.25) is 0 Å². The minimum Gasteiger partial charge on any atom is -0.324 e. The van der Waals surface area contributed by atoms with E-state index in [2.05, 4.69) is 10.2 Å². The minimum atomic E-state index is -5.00. The molecule has 9 heteroatoms. The van der Waals surface area contributed by atoms with Crippen LogP contribution in [0.1, 0.15) is 18.4 Å². The molecule has 2 aliphatic rings. The fraction of sp³-hybridized carbons (Fsp3) is 0.588. The zero-order valence-electron chi connectivity index (χ0n) is 14.4. The average molecular weight is 377 g/mol. The number of fused-ring (bicyclic) bond motifs is 2. The van der Waals surface area contributed by atoms with Crippen molar-refractivity contribution in [1.82, 2.24) is 9.80 Å². The van der Waals surface area contributed by atoms with E-state index in [9.17, 15) is 26.7 Å². The highest BCUT2D eigenvalue weighted by Crippen LogP contribution is 2.39. The van der Waals surface area contributed by atoms with Crippen LogP contribution < -0.4 is 5.32 Å². The van der Waals surface area contributed by atoms with E-state index in [-0.39, 0.29) is 6.07 Å². The fourth-order valence-corrected chi connectivity index (χ4v) is 4.26. The topological polar surface area (TPSA) is 35.6 Å². The van der Waals surface area contributed by atoms with Crippen molar-refractivity contribution in [3.05, 3.63) is 29.3 Å². The highest BCUT2D eigenvalue weighted by atomic mass is 19.4. The molecule has 2 fully saturated rings. The third kappa shape index (κ3) is 3.49. The number of rotatable bonds is 2. The summed E-state index contributed by atoms with van der Waals surface area (Å²) >= 11 is 0. The molecule has 0 aromatic heterocycles. The van der Waals surface area contributed by atoms with Gasteiger partial charge >= 0.3 is 12.2 Å². The van der Waals surface area contributed by atoms with Crippen LogP contribution in [0.3, 0.4) is 0 Å². The number of piperidine rings is 1. The van der Waals surface area contributed by atoms with Gasteiger partial charge in [0.1, 0.15) is 11.6 Å². The van der Waals surface area contributed by atoms with Crippen LogP contribution in [0, 0.1) is 23.5 Å². The van der Waals surface area contributed by atoms with Gasteiger partial charge in [-0.1, -0.05) is 0 Å². The maximum Gasteiger partial charge on any atom is 0.419 e. The monoisotopic (exact) mass is 377 g/mol. The molecule has 26 heavy (non-hydrogen) atoms. The number of carbonyl (C=O) groups is 1. The molecule has 1 saturated carbocycles. The second-order valence-electron chi connectivity index (χ2n) is 7.20. The molecule has 1 saturated heterocycles. The standard InChI is InChI=1S/C17H20F5N3O/c1-24(2)15-9-3-4-10(15)8-25(7-9)16(26)23-14-6-12(18)11(5-13(14)19)17(20,21)22/h5-6,9-10,15H,3-4,7-8H2,1-2H3,(H,23,26)/t9-,10+,15?. The molecule has 3 rings (SSSR count). The van der Waals surface area contributed by atoms with Gasteiger partial charge in [0.05, 0.1) is 11.3 Å². The Kier molecular flexibility index (Phi) is 4.85. The van der Waals surface area contributed by atoms with Crippen molar-refractivity contribution in [3.8, 4) is 0 Å². The normalized spacial score (nSPS) is 25.7. The van der Waals surface area contributed by atoms with Gasteiger partial charge in [-0.15, -0.1) is 0 Å². The Labute approximate surface area is 147 Å². The number of urea groups is 1. The van der Waals surface area contributed by atoms with E-state index in [0.29, 0.717) is 37.0 Å². The summed E-state index contributed by atoms with van der Waals surface area (Å²) in [4.78, 5) is 16.1. The number of anilines is 1. The van der Waals surface area contributed by atoms with Crippen molar-refractivity contribution in [2.75, 3.05) is 32.5 Å². The lowest BCUT2D eigenvalue weighted by atomic mass is 9.91. The molecule has 1 aromatic rings. The fourth-order valence-electron chi connectivity index (χ4n) is 4.26. The lowest BCUT2D eigenvalue weighted by Gasteiger charge is -2.41. The Balaban J connectivity index is 1.73. The first kappa shape index (κ1) is 18.9. The Bertz CT molecular complexity index is 692. The number of nitrogens with zero attached hydrogens (tertiary/aromatic N) is 2. The summed E-state index contributed by atoms with van der Waals surface area (Å²) in [5.74, 6) is -2.36. The first-order chi connectivity index (χ1) is 12.1. The van der Waals surface area contributed by atoms with Gasteiger partial charge in [-0.3, -0.25) is 0 Å². The van der Waals surface area contributed by atoms with Crippen molar-refractivity contribution < 1.29 is 26.7 Å². The minimum absolute atomic E-state index is 0.0624. The number of alkyl halides is 3. The van der Waals surface area contributed by atoms with E-state index in [0.717, 1.165) is 12.8 Å². The lowest BCUT2D eigenvalue weighted by Crippen LogP contribution is -2.53. The summed E-state index contributed by atoms with van der Waals surface area (Å²) < 4.78 is 65.4. The molecule has 1 aliphatic heterocycles. The Morgan fingerprint density at radius 2 is 1.69 bits per heavy atom. The van der Waals surface area contributed by atoms with Crippen LogP contribution in [0.5, 0.6) is 0 Å². The number of hydrogen-bond acceptors (Lipinski definition) is 2. The highest BCUT2D eigenvalue weighted by Gasteiger charge is 2.44. The Hall–Kier alpha value is -1.90. The number of benzene rings is 1. The summed E-state index contributed by atoms with van der Waals surface area (Å²) in [6.07, 6.45) is -3.03. The van der Waals surface area contributed by atoms with Crippen molar-refractivity contribution in [3.63, 3.8) is 0 Å². The molecular formula is C17H20F5N3O. The molecule has 0 spiro atoms. The van der Waals surface area contributed by atoms with E-state index in [4.69, 9.17) is 0 Å². The Morgan fingerprint density at radius 1 is 1.12 bits per heavy atom. The summed E-state index contributed by atoms with van der Waals surface area (Å²) in [5.41, 5.74) is -2.29. The zero-order chi connectivity index (χ0) is 19.2. The molecule has 0 radical (unpaired) electrons. The summed E-state index contributed by atoms with van der Waals surface area (Å²) in [7, 11) is 3.98. The molecule has 4 nitrogen and oxygen atoms in total. The van der Waals surface area contributed by atoms with Crippen molar-refractivity contribution in [1.29, 1.82) is 0 Å². The van der Waals surface area contributed by atoms with Crippen LogP contribution in [-0.2, 0) is 6.18 Å². The molecule has 3 atom stereocenters. The molecule has 2 bridgehead atoms. The maximum atomic E-state index is 13.9.